The second-order valence-electron chi connectivity index (χ2n) is 12.2. The Morgan fingerprint density at radius 3 is 2.84 bits per heavy atom. The number of hydrogen-bond donors (Lipinski definition) is 0. The summed E-state index contributed by atoms with van der Waals surface area (Å²) >= 11 is 0. The first kappa shape index (κ1) is 19.1. The molecule has 0 N–H and O–H groups in total. The van der Waals surface area contributed by atoms with Crippen LogP contribution in [0.2, 0.25) is 0 Å². The lowest BCUT2D eigenvalue weighted by Gasteiger charge is -2.70. The van der Waals surface area contributed by atoms with Crippen LogP contribution in [0.25, 0.3) is 10.9 Å². The van der Waals surface area contributed by atoms with Crippen molar-refractivity contribution in [2.45, 2.75) is 89.1 Å². The maximum atomic E-state index is 13.8. The third-order valence-electron chi connectivity index (χ3n) is 10.3. The van der Waals surface area contributed by atoms with E-state index in [0.29, 0.717) is 23.8 Å². The van der Waals surface area contributed by atoms with Gasteiger partial charge in [0.15, 0.2) is 0 Å². The van der Waals surface area contributed by atoms with E-state index in [4.69, 9.17) is 5.10 Å². The monoisotopic (exact) mass is 428 g/mol. The maximum absolute atomic E-state index is 13.8. The Morgan fingerprint density at radius 1 is 1.28 bits per heavy atom. The van der Waals surface area contributed by atoms with E-state index in [0.717, 1.165) is 37.8 Å². The first-order valence-electron chi connectivity index (χ1n) is 12.5. The van der Waals surface area contributed by atoms with Crippen LogP contribution in [0.1, 0.15) is 88.3 Å². The zero-order valence-corrected chi connectivity index (χ0v) is 19.4. The molecule has 1 saturated heterocycles. The van der Waals surface area contributed by atoms with Crippen molar-refractivity contribution in [2.75, 3.05) is 0 Å². The summed E-state index contributed by atoms with van der Waals surface area (Å²) in [6.45, 7) is 4.55. The van der Waals surface area contributed by atoms with Gasteiger partial charge in [0.25, 0.3) is 0 Å². The number of nitrogens with zero attached hydrogens (tertiary/aromatic N) is 4. The number of benzene rings is 1. The predicted octanol–water partition coefficient (Wildman–Crippen LogP) is 5.02. The van der Waals surface area contributed by atoms with Gasteiger partial charge in [0, 0.05) is 36.9 Å². The Morgan fingerprint density at radius 2 is 2.09 bits per heavy atom. The summed E-state index contributed by atoms with van der Waals surface area (Å²) < 4.78 is 1.99. The van der Waals surface area contributed by atoms with Crippen LogP contribution in [-0.2, 0) is 11.8 Å². The molecule has 5 fully saturated rings. The smallest absolute Gasteiger partial charge is 0.223 e. The van der Waals surface area contributed by atoms with Gasteiger partial charge in [-0.1, -0.05) is 26.0 Å². The summed E-state index contributed by atoms with van der Waals surface area (Å²) in [5.74, 6) is 1.03. The second kappa shape index (κ2) is 5.76. The third-order valence-corrected chi connectivity index (χ3v) is 10.3. The van der Waals surface area contributed by atoms with E-state index in [1.165, 1.54) is 29.3 Å². The predicted molar refractivity (Wildman–Crippen MR) is 122 cm³/mol. The molecule has 4 saturated carbocycles. The summed E-state index contributed by atoms with van der Waals surface area (Å²) in [5, 5.41) is 16.2. The highest BCUT2D eigenvalue weighted by molar-refractivity contribution is 5.88. The van der Waals surface area contributed by atoms with Crippen molar-refractivity contribution in [1.29, 1.82) is 5.26 Å². The molecule has 32 heavy (non-hydrogen) atoms. The van der Waals surface area contributed by atoms with Crippen LogP contribution in [0, 0.1) is 27.6 Å². The quantitative estimate of drug-likeness (QED) is 0.687. The Kier molecular flexibility index (Phi) is 3.45. The molecule has 1 amide bonds. The molecular formula is C27H32N4O. The molecule has 5 nitrogen and oxygen atoms in total. The van der Waals surface area contributed by atoms with E-state index in [1.807, 2.05) is 11.7 Å². The fourth-order valence-corrected chi connectivity index (χ4v) is 8.82. The molecule has 166 valence electrons. The molecule has 0 radical (unpaired) electrons. The number of rotatable bonds is 4. The summed E-state index contributed by atoms with van der Waals surface area (Å²) in [6.07, 6.45) is 8.22. The number of carbonyl (C=O) groups excluding carboxylic acids is 1. The fourth-order valence-electron chi connectivity index (χ4n) is 8.82. The van der Waals surface area contributed by atoms with Gasteiger partial charge in [0.1, 0.15) is 0 Å². The second-order valence-corrected chi connectivity index (χ2v) is 12.2. The van der Waals surface area contributed by atoms with Gasteiger partial charge >= 0.3 is 0 Å². The molecule has 5 aliphatic rings. The van der Waals surface area contributed by atoms with E-state index in [9.17, 15) is 10.1 Å². The highest BCUT2D eigenvalue weighted by Gasteiger charge is 2.79. The van der Waals surface area contributed by atoms with Gasteiger partial charge < -0.3 is 4.90 Å². The summed E-state index contributed by atoms with van der Waals surface area (Å²) in [4.78, 5) is 16.0. The van der Waals surface area contributed by atoms with Crippen LogP contribution in [0.5, 0.6) is 0 Å². The van der Waals surface area contributed by atoms with Crippen LogP contribution in [0.3, 0.4) is 0 Å². The van der Waals surface area contributed by atoms with Crippen LogP contribution >= 0.6 is 0 Å². The van der Waals surface area contributed by atoms with E-state index in [1.54, 1.807) is 0 Å². The number of fused-ring (bicyclic) bond motifs is 5. The van der Waals surface area contributed by atoms with Gasteiger partial charge in [-0.3, -0.25) is 9.48 Å². The van der Waals surface area contributed by atoms with Crippen molar-refractivity contribution < 1.29 is 4.79 Å². The summed E-state index contributed by atoms with van der Waals surface area (Å²) in [7, 11) is 2.02. The lowest BCUT2D eigenvalue weighted by atomic mass is 9.43. The molecule has 2 heterocycles. The van der Waals surface area contributed by atoms with Crippen molar-refractivity contribution in [3.05, 3.63) is 29.5 Å². The SMILES string of the molecule is CC(CC(=O)N1C2CC3(C#N)CC4(C2)CC1C4(C)C3)c1nn(C)c2cccc(C3CC3)c12. The zero-order valence-electron chi connectivity index (χ0n) is 19.4. The van der Waals surface area contributed by atoms with E-state index in [2.05, 4.69) is 43.0 Å². The normalized spacial score (nSPS) is 39.8. The number of carbonyl (C=O) groups is 1. The van der Waals surface area contributed by atoms with Gasteiger partial charge in [-0.2, -0.15) is 10.4 Å². The highest BCUT2D eigenvalue weighted by Crippen LogP contribution is 2.80. The van der Waals surface area contributed by atoms with Crippen molar-refractivity contribution in [2.24, 2.45) is 23.3 Å². The molecule has 6 atom stereocenters. The molecule has 1 spiro atoms. The molecule has 1 aliphatic heterocycles. The van der Waals surface area contributed by atoms with Gasteiger partial charge in [0.2, 0.25) is 5.91 Å². The Balaban J connectivity index is 1.20. The first-order valence-corrected chi connectivity index (χ1v) is 12.5. The van der Waals surface area contributed by atoms with Gasteiger partial charge in [-0.25, -0.2) is 0 Å². The molecular weight excluding hydrogens is 396 g/mol. The Bertz CT molecular complexity index is 1220. The average Bonchev–Trinajstić information content (AvgIpc) is 3.54. The van der Waals surface area contributed by atoms with Gasteiger partial charge in [0.05, 0.1) is 22.7 Å². The minimum absolute atomic E-state index is 0.0918. The maximum Gasteiger partial charge on any atom is 0.223 e. The van der Waals surface area contributed by atoms with Crippen molar-refractivity contribution >= 4 is 16.8 Å². The summed E-state index contributed by atoms with van der Waals surface area (Å²) in [5.41, 5.74) is 3.97. The minimum Gasteiger partial charge on any atom is -0.336 e. The number of piperidine rings is 2. The molecule has 2 aromatic rings. The third kappa shape index (κ3) is 2.15. The average molecular weight is 429 g/mol. The molecule has 1 aromatic heterocycles. The Hall–Kier alpha value is -2.35. The first-order chi connectivity index (χ1) is 15.3. The fraction of sp³-hybridized carbons (Fsp3) is 0.667. The van der Waals surface area contributed by atoms with Gasteiger partial charge in [-0.05, 0) is 73.3 Å². The van der Waals surface area contributed by atoms with Crippen molar-refractivity contribution in [3.8, 4) is 6.07 Å². The van der Waals surface area contributed by atoms with Crippen LogP contribution in [0.4, 0.5) is 0 Å². The number of amides is 1. The molecule has 1 aromatic carbocycles. The minimum atomic E-state index is -0.191. The highest BCUT2D eigenvalue weighted by atomic mass is 16.2. The number of aromatic nitrogens is 2. The molecule has 7 rings (SSSR count). The number of aryl methyl sites for hydroxylation is 1. The molecule has 6 unspecified atom stereocenters. The van der Waals surface area contributed by atoms with Crippen LogP contribution in [0.15, 0.2) is 18.2 Å². The van der Waals surface area contributed by atoms with Crippen LogP contribution in [-0.4, -0.2) is 32.7 Å². The number of hydrogen-bond acceptors (Lipinski definition) is 3. The lowest BCUT2D eigenvalue weighted by Crippen LogP contribution is -2.73. The number of nitriles is 1. The topological polar surface area (TPSA) is 61.9 Å². The molecule has 5 heteroatoms. The Labute approximate surface area is 189 Å². The van der Waals surface area contributed by atoms with Crippen molar-refractivity contribution in [3.63, 3.8) is 0 Å². The number of likely N-dealkylation sites (tertiary alicyclic amines) is 1. The summed E-state index contributed by atoms with van der Waals surface area (Å²) in [6, 6.07) is 9.87. The van der Waals surface area contributed by atoms with Gasteiger partial charge in [-0.15, -0.1) is 0 Å². The lowest BCUT2D eigenvalue weighted by molar-refractivity contribution is -0.210. The van der Waals surface area contributed by atoms with Crippen LogP contribution < -0.4 is 0 Å². The molecule has 4 aliphatic carbocycles. The standard InChI is InChI=1S/C27H32N4O/c1-16(24-23-19(17-7-8-17)5-4-6-20(23)30(3)29-24)9-22(32)31-18-10-26(15-28)13-25(2)21(31)12-27(25,11-18)14-26/h4-6,16-18,21H,7-14H2,1-3H3. The largest absolute Gasteiger partial charge is 0.336 e. The zero-order chi connectivity index (χ0) is 22.0. The molecule has 4 bridgehead atoms. The van der Waals surface area contributed by atoms with Crippen molar-refractivity contribution in [1.82, 2.24) is 14.7 Å². The van der Waals surface area contributed by atoms with E-state index < -0.39 is 0 Å². The van der Waals surface area contributed by atoms with E-state index in [-0.39, 0.29) is 28.7 Å². The van der Waals surface area contributed by atoms with E-state index >= 15 is 0 Å².